The molecule has 17 heteroatoms. The molecule has 4 amide bonds. The van der Waals surface area contributed by atoms with Crippen LogP contribution in [0.15, 0.2) is 60.8 Å². The van der Waals surface area contributed by atoms with Crippen LogP contribution in [0, 0.1) is 29.1 Å². The number of imidazole rings is 2. The lowest BCUT2D eigenvalue weighted by Crippen LogP contribution is -2.54. The first-order valence-corrected chi connectivity index (χ1v) is 21.5. The highest BCUT2D eigenvalue weighted by molar-refractivity contribution is 5.89. The number of likely N-dealkylation sites (tertiary alicyclic amines) is 1. The summed E-state index contributed by atoms with van der Waals surface area (Å²) in [6, 6.07) is 14.8. The summed E-state index contributed by atoms with van der Waals surface area (Å²) in [5, 5.41) is 14.9. The summed E-state index contributed by atoms with van der Waals surface area (Å²) in [6.45, 7) is 8.68. The highest BCUT2D eigenvalue weighted by atomic mass is 19.3. The van der Waals surface area contributed by atoms with Gasteiger partial charge in [0, 0.05) is 22.7 Å². The highest BCUT2D eigenvalue weighted by Gasteiger charge is 2.52. The van der Waals surface area contributed by atoms with E-state index >= 15 is 8.78 Å². The van der Waals surface area contributed by atoms with Gasteiger partial charge >= 0.3 is 12.2 Å². The molecule has 3 heterocycles. The minimum absolute atomic E-state index is 0.0335. The molecule has 0 radical (unpaired) electrons. The van der Waals surface area contributed by atoms with Crippen LogP contribution >= 0.6 is 0 Å². The van der Waals surface area contributed by atoms with E-state index in [1.165, 1.54) is 37.4 Å². The summed E-state index contributed by atoms with van der Waals surface area (Å²) in [7, 11) is 2.46. The second kappa shape index (κ2) is 17.0. The number of nitriles is 1. The second-order valence-corrected chi connectivity index (χ2v) is 17.6. The Morgan fingerprint density at radius 1 is 0.875 bits per heavy atom. The van der Waals surface area contributed by atoms with Crippen molar-refractivity contribution in [1.82, 2.24) is 40.4 Å². The van der Waals surface area contributed by atoms with Crippen molar-refractivity contribution < 1.29 is 37.4 Å². The number of fused-ring (bicyclic) bond motifs is 6. The number of benzene rings is 3. The van der Waals surface area contributed by atoms with Gasteiger partial charge in [-0.25, -0.2) is 19.6 Å². The highest BCUT2D eigenvalue weighted by Crippen LogP contribution is 2.53. The van der Waals surface area contributed by atoms with Crippen molar-refractivity contribution >= 4 is 35.0 Å². The van der Waals surface area contributed by atoms with E-state index in [0.29, 0.717) is 56.2 Å². The van der Waals surface area contributed by atoms with Crippen molar-refractivity contribution in [2.45, 2.75) is 90.0 Å². The van der Waals surface area contributed by atoms with Gasteiger partial charge in [0.15, 0.2) is 0 Å². The number of hydrogen-bond acceptors (Lipinski definition) is 9. The molecule has 64 heavy (non-hydrogen) atoms. The van der Waals surface area contributed by atoms with Crippen LogP contribution in [0.3, 0.4) is 0 Å². The van der Waals surface area contributed by atoms with Gasteiger partial charge in [0.1, 0.15) is 30.3 Å². The van der Waals surface area contributed by atoms with Crippen LogP contribution in [-0.4, -0.2) is 92.6 Å². The molecule has 1 aliphatic heterocycles. The third-order valence-corrected chi connectivity index (χ3v) is 13.0. The maximum absolute atomic E-state index is 16.6. The lowest BCUT2D eigenvalue weighted by atomic mass is 9.95. The molecule has 1 saturated carbocycles. The Morgan fingerprint density at radius 3 is 2.12 bits per heavy atom. The fourth-order valence-corrected chi connectivity index (χ4v) is 9.64. The largest absolute Gasteiger partial charge is 0.453 e. The van der Waals surface area contributed by atoms with Crippen LogP contribution in [-0.2, 0) is 25.0 Å². The Kier molecular flexibility index (Phi) is 11.7. The number of alkyl carbamates (subject to hydrolysis) is 2. The molecular weight excluding hydrogens is 825 g/mol. The third-order valence-electron chi connectivity index (χ3n) is 13.0. The summed E-state index contributed by atoms with van der Waals surface area (Å²) in [5.74, 6) is -3.31. The maximum atomic E-state index is 16.6. The monoisotopic (exact) mass is 875 g/mol. The number of methoxy groups -OCH3 is 2. The van der Waals surface area contributed by atoms with E-state index in [0.717, 1.165) is 19.3 Å². The number of nitrogens with one attached hydrogen (secondary N) is 4. The number of hydrogen-bond donors (Lipinski definition) is 4. The van der Waals surface area contributed by atoms with E-state index in [1.54, 1.807) is 39.0 Å². The minimum atomic E-state index is -3.33. The predicted molar refractivity (Wildman–Crippen MR) is 232 cm³/mol. The zero-order valence-corrected chi connectivity index (χ0v) is 36.7. The Hall–Kier alpha value is -6.83. The fourth-order valence-electron chi connectivity index (χ4n) is 9.64. The van der Waals surface area contributed by atoms with E-state index in [4.69, 9.17) is 14.5 Å². The summed E-state index contributed by atoms with van der Waals surface area (Å²) in [4.78, 5) is 71.1. The maximum Gasteiger partial charge on any atom is 0.407 e. The smallest absolute Gasteiger partial charge is 0.407 e. The Balaban J connectivity index is 1.03. The topological polar surface area (TPSA) is 198 Å². The number of aromatic nitrogens is 4. The number of H-pyrrole nitrogens is 2. The molecule has 4 N–H and O–H groups in total. The molecule has 6 atom stereocenters. The fraction of sp³-hybridized carbons (Fsp3) is 0.426. The van der Waals surface area contributed by atoms with Crippen molar-refractivity contribution in [1.29, 1.82) is 5.26 Å². The average molecular weight is 876 g/mol. The molecule has 2 fully saturated rings. The van der Waals surface area contributed by atoms with Crippen molar-refractivity contribution in [3.63, 3.8) is 0 Å². The molecule has 1 unspecified atom stereocenters. The van der Waals surface area contributed by atoms with Crippen LogP contribution in [0.4, 0.5) is 18.4 Å². The molecule has 15 nitrogen and oxygen atoms in total. The van der Waals surface area contributed by atoms with Gasteiger partial charge in [0.25, 0.3) is 5.92 Å². The summed E-state index contributed by atoms with van der Waals surface area (Å²) < 4.78 is 42.7. The number of piperidine rings is 1. The van der Waals surface area contributed by atoms with E-state index < -0.39 is 42.1 Å². The molecule has 1 saturated heterocycles. The lowest BCUT2D eigenvalue weighted by Gasteiger charge is -2.37. The van der Waals surface area contributed by atoms with E-state index in [1.807, 2.05) is 49.1 Å². The van der Waals surface area contributed by atoms with Crippen LogP contribution in [0.1, 0.15) is 88.7 Å². The van der Waals surface area contributed by atoms with Gasteiger partial charge in [-0.15, -0.1) is 0 Å². The number of alkyl halides is 2. The number of carbonyl (C=O) groups excluding carboxylic acids is 4. The molecule has 2 aromatic heterocycles. The zero-order chi connectivity index (χ0) is 45.8. The quantitative estimate of drug-likeness (QED) is 0.0898. The summed E-state index contributed by atoms with van der Waals surface area (Å²) in [5.41, 5.74) is 4.16. The normalized spacial score (nSPS) is 19.5. The van der Waals surface area contributed by atoms with Crippen LogP contribution in [0.25, 0.3) is 44.5 Å². The molecule has 2 bridgehead atoms. The summed E-state index contributed by atoms with van der Waals surface area (Å²) in [6.07, 6.45) is 2.74. The van der Waals surface area contributed by atoms with Gasteiger partial charge in [-0.1, -0.05) is 58.0 Å². The van der Waals surface area contributed by atoms with Crippen molar-refractivity contribution in [2.75, 3.05) is 20.8 Å². The Bertz CT molecular complexity index is 2690. The molecule has 0 spiro atoms. The van der Waals surface area contributed by atoms with Crippen LogP contribution < -0.4 is 10.6 Å². The molecule has 334 valence electrons. The number of halogens is 2. The van der Waals surface area contributed by atoms with Crippen molar-refractivity contribution in [3.8, 4) is 39.6 Å². The molecule has 8 rings (SSSR count). The number of aromatic amines is 2. The van der Waals surface area contributed by atoms with Gasteiger partial charge in [0.2, 0.25) is 11.8 Å². The number of amides is 4. The molecule has 5 aromatic rings. The summed E-state index contributed by atoms with van der Waals surface area (Å²) >= 11 is 0. The lowest BCUT2D eigenvalue weighted by molar-refractivity contribution is -0.139. The number of nitrogens with zero attached hydrogens (tertiary/aromatic N) is 5. The second-order valence-electron chi connectivity index (χ2n) is 17.6. The first-order chi connectivity index (χ1) is 30.6. The molecule has 3 aliphatic rings. The zero-order valence-electron chi connectivity index (χ0n) is 36.7. The van der Waals surface area contributed by atoms with Gasteiger partial charge in [-0.2, -0.15) is 14.0 Å². The van der Waals surface area contributed by atoms with Crippen molar-refractivity contribution in [2.24, 2.45) is 17.8 Å². The number of ether oxygens (including phenoxy) is 2. The predicted octanol–water partition coefficient (Wildman–Crippen LogP) is 7.97. The SMILES string of the molecule is COC(=O)NC(C(=O)N(CC#N)[C@@H](C)c1ncc(-c2ccc3c(c2)C(F)(F)c2cc(-c4ccc5nc([C@@H]6[C@H]7CC[C@H](C7)N6C(=O)[C@@H](NC(=O)OC)C(C)C)[nH]c5c4)ccc2-3)[nH]1)C(C)C. The standard InChI is InChI=1S/C47H51F2N9O6/c1-23(2)38(55-45(61)63-6)43(59)57(17-16-50)25(5)41-51-22-37(54-41)28-10-14-32-31-13-9-26(19-33(31)47(48,49)34(32)20-28)27-11-15-35-36(21-27)53-42(52-35)40-29-8-12-30(18-29)58(40)44(60)39(24(3)4)56-46(62)64-7/h9-11,13-15,19-25,29-30,38-40H,8,12,17-18H2,1-7H3,(H,51,54)(H,52,53)(H,55,61)(H,56,62)/t25-,29-,30+,38?,39-,40-/m0/s1. The molecule has 3 aromatic carbocycles. The van der Waals surface area contributed by atoms with E-state index in [-0.39, 0.29) is 53.4 Å². The van der Waals surface area contributed by atoms with Gasteiger partial charge in [0.05, 0.1) is 55.3 Å². The third kappa shape index (κ3) is 7.68. The Labute approximate surface area is 368 Å². The van der Waals surface area contributed by atoms with E-state index in [9.17, 15) is 24.4 Å². The number of rotatable bonds is 12. The first kappa shape index (κ1) is 43.8. The number of carbonyl (C=O) groups is 4. The first-order valence-electron chi connectivity index (χ1n) is 21.5. The molecular formula is C47H51F2N9O6. The van der Waals surface area contributed by atoms with Gasteiger partial charge in [-0.05, 0) is 90.5 Å². The molecule has 2 aliphatic carbocycles. The minimum Gasteiger partial charge on any atom is -0.453 e. The Morgan fingerprint density at radius 2 is 1.48 bits per heavy atom. The van der Waals surface area contributed by atoms with Gasteiger partial charge < -0.3 is 39.9 Å². The van der Waals surface area contributed by atoms with E-state index in [2.05, 4.69) is 25.6 Å². The van der Waals surface area contributed by atoms with Crippen LogP contribution in [0.2, 0.25) is 0 Å². The average Bonchev–Trinajstić information content (AvgIpc) is 4.14. The van der Waals surface area contributed by atoms with Crippen LogP contribution in [0.5, 0.6) is 0 Å². The van der Waals surface area contributed by atoms with Crippen molar-refractivity contribution in [3.05, 3.63) is 83.6 Å². The van der Waals surface area contributed by atoms with Gasteiger partial charge in [-0.3, -0.25) is 9.59 Å².